The van der Waals surface area contributed by atoms with E-state index in [0.29, 0.717) is 0 Å². The second-order valence-electron chi connectivity index (χ2n) is 2.97. The maximum Gasteiger partial charge on any atom is 0.176 e. The van der Waals surface area contributed by atoms with Crippen molar-refractivity contribution >= 4 is 23.6 Å². The second kappa shape index (κ2) is 4.02. The number of nitrogens with zero attached hydrogens (tertiary/aromatic N) is 1. The largest absolute Gasteiger partial charge is 0.258 e. The van der Waals surface area contributed by atoms with Gasteiger partial charge in [-0.2, -0.15) is 5.10 Å². The summed E-state index contributed by atoms with van der Waals surface area (Å²) in [5.74, 6) is 0. The van der Waals surface area contributed by atoms with Crippen LogP contribution in [-0.4, -0.2) is 10.2 Å². The number of hydrogen-bond acceptors (Lipinski definition) is 3. The Bertz CT molecular complexity index is 485. The molecule has 0 radical (unpaired) electrons. The normalized spacial score (nSPS) is 10.4. The zero-order valence-corrected chi connectivity index (χ0v) is 9.41. The molecule has 0 saturated carbocycles. The van der Waals surface area contributed by atoms with Crippen molar-refractivity contribution in [1.29, 1.82) is 0 Å². The molecule has 0 amide bonds. The summed E-state index contributed by atoms with van der Waals surface area (Å²) in [6.45, 7) is 2.14. The zero-order valence-electron chi connectivity index (χ0n) is 7.78. The number of nitrogens with one attached hydrogen (secondary N) is 1. The lowest BCUT2D eigenvalue weighted by Gasteiger charge is -1.98. The summed E-state index contributed by atoms with van der Waals surface area (Å²) in [5, 5.41) is 7.90. The molecular formula is C10H10N2S2. The summed E-state index contributed by atoms with van der Waals surface area (Å²) in [6.07, 6.45) is 1.05. The van der Waals surface area contributed by atoms with Crippen molar-refractivity contribution in [2.24, 2.45) is 0 Å². The first-order chi connectivity index (χ1) is 6.79. The first-order valence-electron chi connectivity index (χ1n) is 4.44. The average Bonchev–Trinajstić information content (AvgIpc) is 2.65. The second-order valence-corrected chi connectivity index (χ2v) is 4.64. The molecule has 1 N–H and O–H groups in total. The highest BCUT2D eigenvalue weighted by molar-refractivity contribution is 7.73. The molecule has 0 spiro atoms. The maximum atomic E-state index is 4.99. The monoisotopic (exact) mass is 222 g/mol. The lowest BCUT2D eigenvalue weighted by atomic mass is 10.1. The van der Waals surface area contributed by atoms with E-state index in [2.05, 4.69) is 41.4 Å². The van der Waals surface area contributed by atoms with Gasteiger partial charge in [0.15, 0.2) is 3.95 Å². The van der Waals surface area contributed by atoms with Gasteiger partial charge in [0.2, 0.25) is 0 Å². The predicted molar refractivity (Wildman–Crippen MR) is 62.1 cm³/mol. The third-order valence-electron chi connectivity index (χ3n) is 2.02. The van der Waals surface area contributed by atoms with Crippen LogP contribution >= 0.6 is 23.6 Å². The van der Waals surface area contributed by atoms with Crippen molar-refractivity contribution in [1.82, 2.24) is 10.2 Å². The Morgan fingerprint density at radius 2 is 2.36 bits per heavy atom. The number of hydrogen-bond donors (Lipinski definition) is 1. The Labute approximate surface area is 91.6 Å². The third kappa shape index (κ3) is 1.91. The molecule has 2 rings (SSSR count). The molecule has 0 bridgehead atoms. The Morgan fingerprint density at radius 3 is 3.00 bits per heavy atom. The van der Waals surface area contributed by atoms with E-state index in [1.165, 1.54) is 16.9 Å². The van der Waals surface area contributed by atoms with E-state index in [1.807, 2.05) is 0 Å². The van der Waals surface area contributed by atoms with Crippen molar-refractivity contribution in [3.63, 3.8) is 0 Å². The van der Waals surface area contributed by atoms with E-state index in [4.69, 9.17) is 12.2 Å². The quantitative estimate of drug-likeness (QED) is 0.789. The van der Waals surface area contributed by atoms with Crippen LogP contribution in [0.3, 0.4) is 0 Å². The van der Waals surface area contributed by atoms with Crippen LogP contribution in [0.15, 0.2) is 24.3 Å². The number of benzene rings is 1. The first-order valence-corrected chi connectivity index (χ1v) is 5.67. The van der Waals surface area contributed by atoms with Crippen LogP contribution in [0.4, 0.5) is 0 Å². The molecule has 1 aromatic heterocycles. The molecule has 0 unspecified atom stereocenters. The van der Waals surface area contributed by atoms with Gasteiger partial charge in [0.05, 0.1) is 0 Å². The highest BCUT2D eigenvalue weighted by Crippen LogP contribution is 2.22. The number of rotatable bonds is 2. The van der Waals surface area contributed by atoms with Crippen molar-refractivity contribution in [2.75, 3.05) is 0 Å². The van der Waals surface area contributed by atoms with Crippen LogP contribution in [0.5, 0.6) is 0 Å². The summed E-state index contributed by atoms with van der Waals surface area (Å²) in [4.78, 5) is 0. The van der Waals surface area contributed by atoms with Crippen LogP contribution < -0.4 is 0 Å². The Balaban J connectivity index is 2.46. The lowest BCUT2D eigenvalue weighted by molar-refractivity contribution is 1.08. The van der Waals surface area contributed by atoms with E-state index in [1.54, 1.807) is 0 Å². The van der Waals surface area contributed by atoms with Gasteiger partial charge < -0.3 is 0 Å². The van der Waals surface area contributed by atoms with Gasteiger partial charge in [-0.3, -0.25) is 5.10 Å². The van der Waals surface area contributed by atoms with Crippen molar-refractivity contribution in [3.05, 3.63) is 33.8 Å². The summed E-state index contributed by atoms with van der Waals surface area (Å²) in [5.41, 5.74) is 2.46. The van der Waals surface area contributed by atoms with Crippen molar-refractivity contribution < 1.29 is 0 Å². The van der Waals surface area contributed by atoms with Gasteiger partial charge >= 0.3 is 0 Å². The number of aromatic amines is 1. The number of H-pyrrole nitrogens is 1. The first kappa shape index (κ1) is 9.55. The Kier molecular flexibility index (Phi) is 2.74. The van der Waals surface area contributed by atoms with Crippen LogP contribution in [0.2, 0.25) is 0 Å². The fraction of sp³-hybridized carbons (Fsp3) is 0.200. The third-order valence-corrected chi connectivity index (χ3v) is 3.16. The molecule has 72 valence electrons. The fourth-order valence-corrected chi connectivity index (χ4v) is 2.16. The minimum absolute atomic E-state index is 0.724. The fourth-order valence-electron chi connectivity index (χ4n) is 1.28. The molecule has 0 saturated heterocycles. The molecule has 0 fully saturated rings. The number of aryl methyl sites for hydroxylation is 1. The highest BCUT2D eigenvalue weighted by Gasteiger charge is 2.01. The van der Waals surface area contributed by atoms with Crippen LogP contribution in [0.1, 0.15) is 12.5 Å². The van der Waals surface area contributed by atoms with Crippen LogP contribution in [0, 0.1) is 3.95 Å². The lowest BCUT2D eigenvalue weighted by Crippen LogP contribution is -1.81. The van der Waals surface area contributed by atoms with Crippen LogP contribution in [-0.2, 0) is 6.42 Å². The summed E-state index contributed by atoms with van der Waals surface area (Å²) in [7, 11) is 0. The molecular weight excluding hydrogens is 212 g/mol. The van der Waals surface area contributed by atoms with E-state index < -0.39 is 0 Å². The molecule has 14 heavy (non-hydrogen) atoms. The highest BCUT2D eigenvalue weighted by atomic mass is 32.1. The molecule has 1 aromatic carbocycles. The van der Waals surface area contributed by atoms with Gasteiger partial charge in [0, 0.05) is 5.56 Å². The molecule has 0 aliphatic heterocycles. The van der Waals surface area contributed by atoms with Gasteiger partial charge in [-0.1, -0.05) is 36.5 Å². The molecule has 2 nitrogen and oxygen atoms in total. The molecule has 4 heteroatoms. The standard InChI is InChI=1S/C10H10N2S2/c1-2-7-4-3-5-8(6-7)9-11-12-10(13)14-9/h3-6H,2H2,1H3,(H,12,13). The number of aromatic nitrogens is 2. The predicted octanol–water partition coefficient (Wildman–Crippen LogP) is 3.43. The maximum absolute atomic E-state index is 4.99. The van der Waals surface area contributed by atoms with Crippen molar-refractivity contribution in [2.45, 2.75) is 13.3 Å². The summed E-state index contributed by atoms with van der Waals surface area (Å²) >= 11 is 6.50. The molecule has 0 atom stereocenters. The van der Waals surface area contributed by atoms with Crippen LogP contribution in [0.25, 0.3) is 10.6 Å². The molecule has 0 aliphatic carbocycles. The topological polar surface area (TPSA) is 28.7 Å². The average molecular weight is 222 g/mol. The van der Waals surface area contributed by atoms with Gasteiger partial charge in [-0.05, 0) is 30.3 Å². The SMILES string of the molecule is CCc1cccc(-c2n[nH]c(=S)s2)c1. The molecule has 2 aromatic rings. The van der Waals surface area contributed by atoms with E-state index in [-0.39, 0.29) is 0 Å². The summed E-state index contributed by atoms with van der Waals surface area (Å²) < 4.78 is 0.724. The Hall–Kier alpha value is -1.00. The summed E-state index contributed by atoms with van der Waals surface area (Å²) in [6, 6.07) is 8.39. The van der Waals surface area contributed by atoms with Gasteiger partial charge in [0.1, 0.15) is 5.01 Å². The van der Waals surface area contributed by atoms with Crippen molar-refractivity contribution in [3.8, 4) is 10.6 Å². The smallest absolute Gasteiger partial charge is 0.176 e. The van der Waals surface area contributed by atoms with Gasteiger partial charge in [-0.25, -0.2) is 0 Å². The molecule has 1 heterocycles. The van der Waals surface area contributed by atoms with E-state index >= 15 is 0 Å². The van der Waals surface area contributed by atoms with E-state index in [9.17, 15) is 0 Å². The zero-order chi connectivity index (χ0) is 9.97. The van der Waals surface area contributed by atoms with Gasteiger partial charge in [-0.15, -0.1) is 0 Å². The van der Waals surface area contributed by atoms with Gasteiger partial charge in [0.25, 0.3) is 0 Å². The Morgan fingerprint density at radius 1 is 1.50 bits per heavy atom. The minimum Gasteiger partial charge on any atom is -0.258 e. The molecule has 0 aliphatic rings. The van der Waals surface area contributed by atoms with E-state index in [0.717, 1.165) is 20.9 Å². The minimum atomic E-state index is 0.724.